The predicted octanol–water partition coefficient (Wildman–Crippen LogP) is 0.377. The van der Waals surface area contributed by atoms with Crippen molar-refractivity contribution in [2.24, 2.45) is 10.7 Å². The first-order chi connectivity index (χ1) is 13.3. The summed E-state index contributed by atoms with van der Waals surface area (Å²) >= 11 is 0. The molecule has 3 heterocycles. The molecule has 2 aliphatic rings. The molecule has 3 rings (SSSR count). The Morgan fingerprint density at radius 1 is 1.22 bits per heavy atom. The smallest absolute Gasteiger partial charge is 0.225 e. The highest BCUT2D eigenvalue weighted by Crippen LogP contribution is 2.16. The SMILES string of the molecule is CCN1CCCC1CN=C(N)NCCCN1CCN(c2ncccn2)CC1. The Labute approximate surface area is 162 Å². The van der Waals surface area contributed by atoms with E-state index < -0.39 is 0 Å². The second-order valence-electron chi connectivity index (χ2n) is 7.31. The second kappa shape index (κ2) is 10.4. The Balaban J connectivity index is 1.27. The molecule has 0 amide bonds. The average Bonchev–Trinajstić information content (AvgIpc) is 3.18. The van der Waals surface area contributed by atoms with Crippen molar-refractivity contribution in [1.82, 2.24) is 25.1 Å². The maximum atomic E-state index is 6.03. The number of likely N-dealkylation sites (tertiary alicyclic amines) is 1. The highest BCUT2D eigenvalue weighted by atomic mass is 15.3. The highest BCUT2D eigenvalue weighted by molar-refractivity contribution is 5.77. The minimum absolute atomic E-state index is 0.570. The molecule has 0 bridgehead atoms. The number of aromatic nitrogens is 2. The van der Waals surface area contributed by atoms with Crippen LogP contribution in [0.4, 0.5) is 5.95 Å². The van der Waals surface area contributed by atoms with Gasteiger partial charge in [0, 0.05) is 51.2 Å². The van der Waals surface area contributed by atoms with Gasteiger partial charge in [0.05, 0.1) is 6.54 Å². The van der Waals surface area contributed by atoms with Gasteiger partial charge in [-0.1, -0.05) is 6.92 Å². The van der Waals surface area contributed by atoms with E-state index in [9.17, 15) is 0 Å². The summed E-state index contributed by atoms with van der Waals surface area (Å²) < 4.78 is 0. The highest BCUT2D eigenvalue weighted by Gasteiger charge is 2.22. The molecule has 2 aliphatic heterocycles. The topological polar surface area (TPSA) is 85.9 Å². The van der Waals surface area contributed by atoms with Gasteiger partial charge >= 0.3 is 0 Å². The number of likely N-dealkylation sites (N-methyl/N-ethyl adjacent to an activating group) is 1. The predicted molar refractivity (Wildman–Crippen MR) is 110 cm³/mol. The number of nitrogens with two attached hydrogens (primary N) is 1. The third-order valence-electron chi connectivity index (χ3n) is 5.54. The van der Waals surface area contributed by atoms with Gasteiger partial charge in [-0.25, -0.2) is 9.97 Å². The Hall–Kier alpha value is -1.93. The molecule has 1 aromatic heterocycles. The van der Waals surface area contributed by atoms with Crippen LogP contribution < -0.4 is 16.0 Å². The first kappa shape index (κ1) is 19.8. The van der Waals surface area contributed by atoms with Crippen molar-refractivity contribution >= 4 is 11.9 Å². The molecule has 0 radical (unpaired) electrons. The second-order valence-corrected chi connectivity index (χ2v) is 7.31. The zero-order valence-electron chi connectivity index (χ0n) is 16.6. The monoisotopic (exact) mass is 374 g/mol. The summed E-state index contributed by atoms with van der Waals surface area (Å²) in [5, 5.41) is 3.27. The van der Waals surface area contributed by atoms with Crippen molar-refractivity contribution in [3.05, 3.63) is 18.5 Å². The van der Waals surface area contributed by atoms with E-state index in [0.717, 1.165) is 64.7 Å². The number of guanidine groups is 1. The van der Waals surface area contributed by atoms with Crippen LogP contribution in [0.1, 0.15) is 26.2 Å². The number of nitrogens with one attached hydrogen (secondary N) is 1. The molecule has 150 valence electrons. The van der Waals surface area contributed by atoms with Gasteiger partial charge in [-0.3, -0.25) is 14.8 Å². The minimum Gasteiger partial charge on any atom is -0.370 e. The van der Waals surface area contributed by atoms with Gasteiger partial charge in [0.25, 0.3) is 0 Å². The molecular formula is C19H34N8. The van der Waals surface area contributed by atoms with E-state index in [1.165, 1.54) is 19.4 Å². The van der Waals surface area contributed by atoms with Gasteiger partial charge < -0.3 is 16.0 Å². The van der Waals surface area contributed by atoms with Crippen LogP contribution in [-0.2, 0) is 0 Å². The molecule has 2 saturated heterocycles. The Morgan fingerprint density at radius 2 is 2.00 bits per heavy atom. The van der Waals surface area contributed by atoms with E-state index in [1.54, 1.807) is 12.4 Å². The van der Waals surface area contributed by atoms with Crippen LogP contribution in [0, 0.1) is 0 Å². The molecule has 0 aliphatic carbocycles. The van der Waals surface area contributed by atoms with Gasteiger partial charge in [-0.2, -0.15) is 0 Å². The summed E-state index contributed by atoms with van der Waals surface area (Å²) in [4.78, 5) is 20.4. The molecule has 8 nitrogen and oxygen atoms in total. The van der Waals surface area contributed by atoms with Crippen LogP contribution in [0.5, 0.6) is 0 Å². The summed E-state index contributed by atoms with van der Waals surface area (Å²) in [6.45, 7) is 11.4. The number of aliphatic imine (C=N–C) groups is 1. The van der Waals surface area contributed by atoms with Gasteiger partial charge in [0.15, 0.2) is 5.96 Å². The molecule has 1 atom stereocenters. The van der Waals surface area contributed by atoms with Crippen LogP contribution >= 0.6 is 0 Å². The molecule has 2 fully saturated rings. The van der Waals surface area contributed by atoms with Crippen LogP contribution in [-0.4, -0.2) is 90.7 Å². The van der Waals surface area contributed by atoms with Crippen molar-refractivity contribution in [3.63, 3.8) is 0 Å². The van der Waals surface area contributed by atoms with Crippen LogP contribution in [0.15, 0.2) is 23.5 Å². The number of hydrogen-bond donors (Lipinski definition) is 2. The van der Waals surface area contributed by atoms with Gasteiger partial charge in [0.2, 0.25) is 5.95 Å². The number of piperazine rings is 1. The number of rotatable bonds is 8. The van der Waals surface area contributed by atoms with Crippen LogP contribution in [0.25, 0.3) is 0 Å². The summed E-state index contributed by atoms with van der Waals surface area (Å²) in [6, 6.07) is 2.43. The van der Waals surface area contributed by atoms with E-state index in [0.29, 0.717) is 12.0 Å². The third kappa shape index (κ3) is 6.04. The number of hydrogen-bond acceptors (Lipinski definition) is 6. The average molecular weight is 375 g/mol. The largest absolute Gasteiger partial charge is 0.370 e. The summed E-state index contributed by atoms with van der Waals surface area (Å²) in [6.07, 6.45) is 7.20. The van der Waals surface area contributed by atoms with Gasteiger partial charge in [-0.05, 0) is 45.0 Å². The van der Waals surface area contributed by atoms with Crippen LogP contribution in [0.2, 0.25) is 0 Å². The molecule has 27 heavy (non-hydrogen) atoms. The van der Waals surface area contributed by atoms with Crippen molar-refractivity contribution in [3.8, 4) is 0 Å². The molecule has 0 aromatic carbocycles. The zero-order chi connectivity index (χ0) is 18.9. The van der Waals surface area contributed by atoms with E-state index in [4.69, 9.17) is 5.73 Å². The number of anilines is 1. The molecular weight excluding hydrogens is 340 g/mol. The van der Waals surface area contributed by atoms with Crippen LogP contribution in [0.3, 0.4) is 0 Å². The molecule has 0 spiro atoms. The lowest BCUT2D eigenvalue weighted by atomic mass is 10.2. The maximum Gasteiger partial charge on any atom is 0.225 e. The van der Waals surface area contributed by atoms with Gasteiger partial charge in [-0.15, -0.1) is 0 Å². The molecule has 8 heteroatoms. The summed E-state index contributed by atoms with van der Waals surface area (Å²) in [5.41, 5.74) is 6.03. The maximum absolute atomic E-state index is 6.03. The fraction of sp³-hybridized carbons (Fsp3) is 0.737. The van der Waals surface area contributed by atoms with Gasteiger partial charge in [0.1, 0.15) is 0 Å². The lowest BCUT2D eigenvalue weighted by Gasteiger charge is -2.34. The molecule has 1 aromatic rings. The Kier molecular flexibility index (Phi) is 7.65. The van der Waals surface area contributed by atoms with E-state index in [1.807, 2.05) is 6.07 Å². The fourth-order valence-electron chi connectivity index (χ4n) is 3.92. The van der Waals surface area contributed by atoms with E-state index in [-0.39, 0.29) is 0 Å². The molecule has 1 unspecified atom stereocenters. The molecule has 3 N–H and O–H groups in total. The first-order valence-corrected chi connectivity index (χ1v) is 10.3. The third-order valence-corrected chi connectivity index (χ3v) is 5.54. The Bertz CT molecular complexity index is 570. The lowest BCUT2D eigenvalue weighted by molar-refractivity contribution is 0.254. The summed E-state index contributed by atoms with van der Waals surface area (Å²) in [7, 11) is 0. The van der Waals surface area contributed by atoms with Crippen molar-refractivity contribution in [1.29, 1.82) is 0 Å². The van der Waals surface area contributed by atoms with E-state index >= 15 is 0 Å². The number of nitrogens with zero attached hydrogens (tertiary/aromatic N) is 6. The first-order valence-electron chi connectivity index (χ1n) is 10.3. The minimum atomic E-state index is 0.570. The standard InChI is InChI=1S/C19H34N8/c1-2-26-11-3-6-17(26)16-24-18(20)21-9-5-10-25-12-14-27(15-13-25)19-22-7-4-8-23-19/h4,7-8,17H,2-3,5-6,9-16H2,1H3,(H3,20,21,24). The van der Waals surface area contributed by atoms with Crippen molar-refractivity contribution in [2.75, 3.05) is 63.8 Å². The lowest BCUT2D eigenvalue weighted by Crippen LogP contribution is -2.47. The molecule has 0 saturated carbocycles. The van der Waals surface area contributed by atoms with E-state index in [2.05, 4.69) is 41.9 Å². The Morgan fingerprint density at radius 3 is 2.74 bits per heavy atom. The zero-order valence-corrected chi connectivity index (χ0v) is 16.6. The summed E-state index contributed by atoms with van der Waals surface area (Å²) in [5.74, 6) is 1.43. The normalized spacial score (nSPS) is 22.3. The van der Waals surface area contributed by atoms with Crippen molar-refractivity contribution < 1.29 is 0 Å². The van der Waals surface area contributed by atoms with Crippen molar-refractivity contribution in [2.45, 2.75) is 32.2 Å². The fourth-order valence-corrected chi connectivity index (χ4v) is 3.92. The quantitative estimate of drug-likeness (QED) is 0.386.